The van der Waals surface area contributed by atoms with Crippen molar-refractivity contribution in [3.63, 3.8) is 0 Å². The Labute approximate surface area is 54.0 Å². The van der Waals surface area contributed by atoms with Gasteiger partial charge in [-0.25, -0.2) is 0 Å². The molecule has 0 fully saturated rings. The number of hydrogen-bond donors (Lipinski definition) is 1. The van der Waals surface area contributed by atoms with E-state index in [2.05, 4.69) is 0 Å². The molecule has 0 radical (unpaired) electrons. The smallest absolute Gasteiger partial charge is 0.316 e. The average Bonchev–Trinajstić information content (AvgIpc) is 0.811. The van der Waals surface area contributed by atoms with E-state index < -0.39 is 0 Å². The van der Waals surface area contributed by atoms with Crippen LogP contribution < -0.4 is 0 Å². The van der Waals surface area contributed by atoms with Crippen LogP contribution in [0.1, 0.15) is 13.8 Å². The minimum absolute atomic E-state index is 0. The first-order valence-corrected chi connectivity index (χ1v) is 1.41. The second-order valence-corrected chi connectivity index (χ2v) is 1.09. The Morgan fingerprint density at radius 3 is 1.33 bits per heavy atom. The largest absolute Gasteiger partial charge is 0.412 e. The van der Waals surface area contributed by atoms with E-state index in [4.69, 9.17) is 5.11 Å². The Kier molecular flexibility index (Phi) is 24.4. The van der Waals surface area contributed by atoms with Crippen LogP contribution in [0.25, 0.3) is 0 Å². The van der Waals surface area contributed by atoms with Crippen LogP contribution in [0, 0.1) is 0 Å². The van der Waals surface area contributed by atoms with Crippen molar-refractivity contribution in [3.05, 3.63) is 0 Å². The maximum Gasteiger partial charge on any atom is 0.316 e. The van der Waals surface area contributed by atoms with Gasteiger partial charge in [0.1, 0.15) is 0 Å². The fourth-order valence-electron chi connectivity index (χ4n) is 0. The van der Waals surface area contributed by atoms with Gasteiger partial charge in [-0.05, 0) is 13.8 Å². The van der Waals surface area contributed by atoms with Gasteiger partial charge in [-0.15, -0.1) is 0 Å². The zero-order chi connectivity index (χ0) is 3.58. The molecule has 0 aliphatic carbocycles. The van der Waals surface area contributed by atoms with Crippen LogP contribution in [-0.2, 0) is 0 Å². The molecule has 0 saturated carbocycles. The first kappa shape index (κ1) is 15.9. The molecule has 0 rings (SSSR count). The summed E-state index contributed by atoms with van der Waals surface area (Å²) in [4.78, 5) is 0. The lowest BCUT2D eigenvalue weighted by atomic mass is 10.5. The Morgan fingerprint density at radius 2 is 1.33 bits per heavy atom. The van der Waals surface area contributed by atoms with E-state index in [1.54, 1.807) is 13.8 Å². The lowest BCUT2D eigenvalue weighted by Gasteiger charge is -1.80. The highest BCUT2D eigenvalue weighted by Crippen LogP contribution is 1.65. The van der Waals surface area contributed by atoms with Gasteiger partial charge >= 0.3 is 23.1 Å². The lowest BCUT2D eigenvalue weighted by Crippen LogP contribution is -1.85. The first-order chi connectivity index (χ1) is 1.73. The molecule has 2 nitrogen and oxygen atoms in total. The first-order valence-electron chi connectivity index (χ1n) is 1.41. The molecule has 0 unspecified atom stereocenters. The molecule has 0 bridgehead atoms. The zero-order valence-corrected chi connectivity index (χ0v) is 3.52. The molecule has 0 aliphatic heterocycles. The molecule has 0 aliphatic rings. The molecule has 3 N–H and O–H groups in total. The van der Waals surface area contributed by atoms with Crippen molar-refractivity contribution < 1.29 is 10.6 Å². The van der Waals surface area contributed by atoms with Crippen LogP contribution in [0.2, 0.25) is 0 Å². The standard InChI is InChI=1S/C3H8O.Mg.H2O.2H/c1-3(2)4;;;;/h3-4H,1-2H3;;1H2;;. The summed E-state index contributed by atoms with van der Waals surface area (Å²) in [7, 11) is 0. The minimum atomic E-state index is -0.167. The quantitative estimate of drug-likeness (QED) is 0.380. The van der Waals surface area contributed by atoms with Crippen LogP contribution in [0.3, 0.4) is 0 Å². The van der Waals surface area contributed by atoms with E-state index in [1.165, 1.54) is 0 Å². The van der Waals surface area contributed by atoms with E-state index in [0.29, 0.717) is 0 Å². The van der Waals surface area contributed by atoms with Crippen molar-refractivity contribution in [2.75, 3.05) is 0 Å². The van der Waals surface area contributed by atoms with Crippen molar-refractivity contribution in [2.24, 2.45) is 0 Å². The van der Waals surface area contributed by atoms with Gasteiger partial charge in [0.25, 0.3) is 0 Å². The summed E-state index contributed by atoms with van der Waals surface area (Å²) in [5.41, 5.74) is 0. The van der Waals surface area contributed by atoms with E-state index in [0.717, 1.165) is 0 Å². The topological polar surface area (TPSA) is 51.7 Å². The normalized spacial score (nSPS) is 6.00. The number of hydrogen-bond acceptors (Lipinski definition) is 1. The molecule has 38 valence electrons. The second-order valence-electron chi connectivity index (χ2n) is 1.09. The van der Waals surface area contributed by atoms with Gasteiger partial charge in [0, 0.05) is 6.10 Å². The Bertz CT molecular complexity index is 13.5. The van der Waals surface area contributed by atoms with Crippen LogP contribution >= 0.6 is 0 Å². The molecule has 0 amide bonds. The van der Waals surface area contributed by atoms with Crippen LogP contribution in [0.4, 0.5) is 0 Å². The van der Waals surface area contributed by atoms with Gasteiger partial charge in [0.15, 0.2) is 0 Å². The molecule has 0 aromatic carbocycles. The van der Waals surface area contributed by atoms with E-state index >= 15 is 0 Å². The van der Waals surface area contributed by atoms with Crippen LogP contribution in [0.5, 0.6) is 0 Å². The predicted molar refractivity (Wildman–Crippen MR) is 29.5 cm³/mol. The van der Waals surface area contributed by atoms with Gasteiger partial charge in [-0.2, -0.15) is 0 Å². The van der Waals surface area contributed by atoms with E-state index in [-0.39, 0.29) is 34.6 Å². The molecular weight excluding hydrogens is 92.3 g/mol. The number of rotatable bonds is 0. The van der Waals surface area contributed by atoms with Gasteiger partial charge in [0.05, 0.1) is 0 Å². The monoisotopic (exact) mass is 104 g/mol. The number of aliphatic hydroxyl groups excluding tert-OH is 1. The van der Waals surface area contributed by atoms with E-state index in [9.17, 15) is 0 Å². The Balaban J connectivity index is -0.0000000450. The molecule has 0 aromatic heterocycles. The molecule has 0 heterocycles. The fraction of sp³-hybridized carbons (Fsp3) is 1.00. The molecule has 0 spiro atoms. The molecule has 6 heavy (non-hydrogen) atoms. The molecule has 0 atom stereocenters. The Morgan fingerprint density at radius 1 is 1.33 bits per heavy atom. The average molecular weight is 104 g/mol. The third kappa shape index (κ3) is 135. The predicted octanol–water partition coefficient (Wildman–Crippen LogP) is -1.35. The molecule has 0 aromatic rings. The Hall–Kier alpha value is 0.686. The highest BCUT2D eigenvalue weighted by atomic mass is 24.3. The molecular formula is C3H12MgO2. The van der Waals surface area contributed by atoms with Crippen molar-refractivity contribution in [2.45, 2.75) is 20.0 Å². The SMILES string of the molecule is CC(C)O.O.[MgH2]. The highest BCUT2D eigenvalue weighted by Gasteiger charge is 1.69. The summed E-state index contributed by atoms with van der Waals surface area (Å²) >= 11 is 0. The van der Waals surface area contributed by atoms with Crippen molar-refractivity contribution in [1.29, 1.82) is 0 Å². The summed E-state index contributed by atoms with van der Waals surface area (Å²) in [5, 5.41) is 8.06. The minimum Gasteiger partial charge on any atom is -0.412 e. The van der Waals surface area contributed by atoms with Gasteiger partial charge in [-0.3, -0.25) is 0 Å². The van der Waals surface area contributed by atoms with Crippen molar-refractivity contribution >= 4 is 23.1 Å². The summed E-state index contributed by atoms with van der Waals surface area (Å²) < 4.78 is 0. The summed E-state index contributed by atoms with van der Waals surface area (Å²) in [6.07, 6.45) is -0.167. The zero-order valence-electron chi connectivity index (χ0n) is 3.52. The highest BCUT2D eigenvalue weighted by molar-refractivity contribution is 5.75. The number of aliphatic hydroxyl groups is 1. The second kappa shape index (κ2) is 9.19. The third-order valence-electron chi connectivity index (χ3n) is 0. The van der Waals surface area contributed by atoms with Gasteiger partial charge in [0.2, 0.25) is 0 Å². The summed E-state index contributed by atoms with van der Waals surface area (Å²) in [5.74, 6) is 0. The summed E-state index contributed by atoms with van der Waals surface area (Å²) in [6, 6.07) is 0. The van der Waals surface area contributed by atoms with Crippen LogP contribution in [0.15, 0.2) is 0 Å². The summed E-state index contributed by atoms with van der Waals surface area (Å²) in [6.45, 7) is 3.44. The fourth-order valence-corrected chi connectivity index (χ4v) is 0. The van der Waals surface area contributed by atoms with Crippen molar-refractivity contribution in [3.8, 4) is 0 Å². The maximum atomic E-state index is 8.06. The molecule has 0 saturated heterocycles. The van der Waals surface area contributed by atoms with Gasteiger partial charge < -0.3 is 10.6 Å². The third-order valence-corrected chi connectivity index (χ3v) is 0. The van der Waals surface area contributed by atoms with Crippen molar-refractivity contribution in [1.82, 2.24) is 0 Å². The van der Waals surface area contributed by atoms with Gasteiger partial charge in [-0.1, -0.05) is 0 Å². The molecule has 3 heteroatoms. The van der Waals surface area contributed by atoms with Crippen LogP contribution in [-0.4, -0.2) is 39.7 Å². The lowest BCUT2D eigenvalue weighted by molar-refractivity contribution is 0.216. The maximum absolute atomic E-state index is 8.06. The van der Waals surface area contributed by atoms with E-state index in [1.807, 2.05) is 0 Å².